The lowest BCUT2D eigenvalue weighted by atomic mass is 10.1. The van der Waals surface area contributed by atoms with Crippen molar-refractivity contribution in [1.29, 1.82) is 5.26 Å². The van der Waals surface area contributed by atoms with Crippen LogP contribution in [-0.2, 0) is 4.79 Å². The lowest BCUT2D eigenvalue weighted by Gasteiger charge is -2.12. The van der Waals surface area contributed by atoms with E-state index in [0.717, 1.165) is 28.5 Å². The van der Waals surface area contributed by atoms with E-state index in [0.29, 0.717) is 16.8 Å². The number of amides is 1. The van der Waals surface area contributed by atoms with Crippen molar-refractivity contribution in [3.63, 3.8) is 0 Å². The van der Waals surface area contributed by atoms with Gasteiger partial charge in [0, 0.05) is 39.4 Å². The topological polar surface area (TPSA) is 57.8 Å². The Labute approximate surface area is 170 Å². The number of halogens is 1. The Kier molecular flexibility index (Phi) is 5.87. The van der Waals surface area contributed by atoms with Crippen LogP contribution in [0.1, 0.15) is 37.4 Å². The number of rotatable bonds is 5. The number of carbonyl (C=O) groups excluding carboxylic acids is 1. The Morgan fingerprint density at radius 3 is 2.79 bits per heavy atom. The Bertz CT molecular complexity index is 1100. The molecule has 2 aromatic carbocycles. The molecule has 0 saturated heterocycles. The monoisotopic (exact) mass is 391 g/mol. The van der Waals surface area contributed by atoms with Crippen LogP contribution in [0.25, 0.3) is 17.0 Å². The van der Waals surface area contributed by atoms with Gasteiger partial charge in [-0.3, -0.25) is 4.79 Å². The maximum absolute atomic E-state index is 12.7. The fraction of sp³-hybridized carbons (Fsp3) is 0.217. The molecular weight excluding hydrogens is 370 g/mol. The molecule has 28 heavy (non-hydrogen) atoms. The molecule has 3 rings (SSSR count). The third-order valence-electron chi connectivity index (χ3n) is 4.95. The zero-order valence-electron chi connectivity index (χ0n) is 16.2. The molecule has 4 nitrogen and oxygen atoms in total. The van der Waals surface area contributed by atoms with Crippen molar-refractivity contribution in [2.24, 2.45) is 0 Å². The summed E-state index contributed by atoms with van der Waals surface area (Å²) in [4.78, 5) is 12.7. The molecule has 0 radical (unpaired) electrons. The minimum atomic E-state index is -0.451. The molecule has 0 bridgehead atoms. The number of aromatic nitrogens is 1. The van der Waals surface area contributed by atoms with E-state index in [9.17, 15) is 10.1 Å². The second kappa shape index (κ2) is 8.33. The molecule has 1 heterocycles. The van der Waals surface area contributed by atoms with E-state index >= 15 is 0 Å². The fourth-order valence-corrected chi connectivity index (χ4v) is 3.30. The van der Waals surface area contributed by atoms with Gasteiger partial charge in [-0.25, -0.2) is 0 Å². The molecule has 3 aromatic rings. The van der Waals surface area contributed by atoms with E-state index in [1.165, 1.54) is 0 Å². The highest BCUT2D eigenvalue weighted by atomic mass is 35.5. The largest absolute Gasteiger partial charge is 0.344 e. The van der Waals surface area contributed by atoms with Crippen molar-refractivity contribution >= 4 is 40.2 Å². The molecule has 0 aliphatic rings. The number of hydrogen-bond acceptors (Lipinski definition) is 2. The second-order valence-electron chi connectivity index (χ2n) is 6.85. The van der Waals surface area contributed by atoms with Crippen molar-refractivity contribution < 1.29 is 4.79 Å². The SMILES string of the molecule is CC[C@@H](C)n1cc(/C=C(\C#N)C(=O)Nc2cc(Cl)ccc2C)c2ccccc21. The summed E-state index contributed by atoms with van der Waals surface area (Å²) in [7, 11) is 0. The number of fused-ring (bicyclic) bond motifs is 1. The summed E-state index contributed by atoms with van der Waals surface area (Å²) in [6, 6.07) is 15.6. The van der Waals surface area contributed by atoms with Crippen molar-refractivity contribution in [3.8, 4) is 6.07 Å². The highest BCUT2D eigenvalue weighted by molar-refractivity contribution is 6.31. The van der Waals surface area contributed by atoms with Gasteiger partial charge in [-0.15, -0.1) is 0 Å². The first-order chi connectivity index (χ1) is 13.4. The number of carbonyl (C=O) groups is 1. The van der Waals surface area contributed by atoms with Crippen LogP contribution in [-0.4, -0.2) is 10.5 Å². The maximum atomic E-state index is 12.7. The summed E-state index contributed by atoms with van der Waals surface area (Å²) in [5, 5.41) is 13.9. The lowest BCUT2D eigenvalue weighted by molar-refractivity contribution is -0.112. The summed E-state index contributed by atoms with van der Waals surface area (Å²) in [6.45, 7) is 6.16. The molecule has 1 N–H and O–H groups in total. The van der Waals surface area contributed by atoms with Crippen molar-refractivity contribution in [3.05, 3.63) is 70.4 Å². The summed E-state index contributed by atoms with van der Waals surface area (Å²) in [6.07, 6.45) is 4.64. The predicted octanol–water partition coefficient (Wildman–Crippen LogP) is 6.12. The molecule has 1 aromatic heterocycles. The van der Waals surface area contributed by atoms with E-state index in [1.807, 2.05) is 43.5 Å². The lowest BCUT2D eigenvalue weighted by Crippen LogP contribution is -2.14. The van der Waals surface area contributed by atoms with Gasteiger partial charge in [-0.1, -0.05) is 42.8 Å². The number of aryl methyl sites for hydroxylation is 1. The van der Waals surface area contributed by atoms with Gasteiger partial charge >= 0.3 is 0 Å². The highest BCUT2D eigenvalue weighted by Crippen LogP contribution is 2.28. The molecular formula is C23H22ClN3O. The van der Waals surface area contributed by atoms with Crippen LogP contribution in [0.2, 0.25) is 5.02 Å². The first-order valence-corrected chi connectivity index (χ1v) is 9.61. The second-order valence-corrected chi connectivity index (χ2v) is 7.29. The molecule has 1 atom stereocenters. The Morgan fingerprint density at radius 2 is 2.07 bits per heavy atom. The zero-order chi connectivity index (χ0) is 20.3. The molecule has 0 fully saturated rings. The summed E-state index contributed by atoms with van der Waals surface area (Å²) < 4.78 is 2.19. The van der Waals surface area contributed by atoms with E-state index in [-0.39, 0.29) is 5.57 Å². The average molecular weight is 392 g/mol. The highest BCUT2D eigenvalue weighted by Gasteiger charge is 2.15. The number of para-hydroxylation sites is 1. The van der Waals surface area contributed by atoms with Crippen molar-refractivity contribution in [1.82, 2.24) is 4.57 Å². The molecule has 142 valence electrons. The number of nitrogens with zero attached hydrogens (tertiary/aromatic N) is 2. The number of hydrogen-bond donors (Lipinski definition) is 1. The number of anilines is 1. The van der Waals surface area contributed by atoms with Crippen LogP contribution < -0.4 is 5.32 Å². The minimum absolute atomic E-state index is 0.0476. The first kappa shape index (κ1) is 19.7. The quantitative estimate of drug-likeness (QED) is 0.420. The molecule has 0 spiro atoms. The molecule has 0 unspecified atom stereocenters. The van der Waals surface area contributed by atoms with Gasteiger partial charge in [0.05, 0.1) is 0 Å². The normalized spacial score (nSPS) is 12.6. The zero-order valence-corrected chi connectivity index (χ0v) is 16.9. The van der Waals surface area contributed by atoms with E-state index in [2.05, 4.69) is 29.8 Å². The Morgan fingerprint density at radius 1 is 1.32 bits per heavy atom. The molecule has 0 aliphatic carbocycles. The van der Waals surface area contributed by atoms with E-state index in [4.69, 9.17) is 11.6 Å². The van der Waals surface area contributed by atoms with Gasteiger partial charge in [-0.05, 0) is 50.1 Å². The Hall–Kier alpha value is -3.03. The Balaban J connectivity index is 2.00. The van der Waals surface area contributed by atoms with Gasteiger partial charge in [0.2, 0.25) is 0 Å². The minimum Gasteiger partial charge on any atom is -0.344 e. The van der Waals surface area contributed by atoms with Crippen molar-refractivity contribution in [2.45, 2.75) is 33.2 Å². The predicted molar refractivity (Wildman–Crippen MR) is 115 cm³/mol. The molecule has 0 aliphatic heterocycles. The maximum Gasteiger partial charge on any atom is 0.266 e. The van der Waals surface area contributed by atoms with E-state index < -0.39 is 5.91 Å². The molecule has 0 saturated carbocycles. The van der Waals surface area contributed by atoms with Gasteiger partial charge < -0.3 is 9.88 Å². The van der Waals surface area contributed by atoms with Crippen LogP contribution in [0, 0.1) is 18.3 Å². The summed E-state index contributed by atoms with van der Waals surface area (Å²) in [5.41, 5.74) is 3.47. The van der Waals surface area contributed by atoms with Crippen LogP contribution in [0.4, 0.5) is 5.69 Å². The summed E-state index contributed by atoms with van der Waals surface area (Å²) in [5.74, 6) is -0.451. The van der Waals surface area contributed by atoms with Crippen molar-refractivity contribution in [2.75, 3.05) is 5.32 Å². The van der Waals surface area contributed by atoms with Gasteiger partial charge in [0.1, 0.15) is 11.6 Å². The number of benzene rings is 2. The molecule has 1 amide bonds. The third-order valence-corrected chi connectivity index (χ3v) is 5.18. The number of nitriles is 1. The average Bonchev–Trinajstić information content (AvgIpc) is 3.06. The smallest absolute Gasteiger partial charge is 0.266 e. The van der Waals surface area contributed by atoms with Crippen LogP contribution >= 0.6 is 11.6 Å². The third kappa shape index (κ3) is 3.95. The molecule has 5 heteroatoms. The van der Waals surface area contributed by atoms with Gasteiger partial charge in [0.15, 0.2) is 0 Å². The fourth-order valence-electron chi connectivity index (χ4n) is 3.13. The van der Waals surface area contributed by atoms with E-state index in [1.54, 1.807) is 18.2 Å². The van der Waals surface area contributed by atoms with Gasteiger partial charge in [-0.2, -0.15) is 5.26 Å². The van der Waals surface area contributed by atoms with Crippen LogP contribution in [0.15, 0.2) is 54.2 Å². The standard InChI is InChI=1S/C23H22ClN3O/c1-4-16(3)27-14-18(20-7-5-6-8-22(20)27)11-17(13-25)23(28)26-21-12-19(24)10-9-15(21)2/h5-12,14,16H,4H2,1-3H3,(H,26,28)/b17-11+/t16-/m1/s1. The first-order valence-electron chi connectivity index (χ1n) is 9.23. The van der Waals surface area contributed by atoms with Crippen LogP contribution in [0.5, 0.6) is 0 Å². The van der Waals surface area contributed by atoms with Gasteiger partial charge in [0.25, 0.3) is 5.91 Å². The van der Waals surface area contributed by atoms with Crippen LogP contribution in [0.3, 0.4) is 0 Å². The summed E-state index contributed by atoms with van der Waals surface area (Å²) >= 11 is 6.02. The number of nitrogens with one attached hydrogen (secondary N) is 1.